The second-order valence-electron chi connectivity index (χ2n) is 3.86. The van der Waals surface area contributed by atoms with E-state index >= 15 is 0 Å². The molecule has 0 fully saturated rings. The summed E-state index contributed by atoms with van der Waals surface area (Å²) in [5.41, 5.74) is -0.807. The van der Waals surface area contributed by atoms with Gasteiger partial charge in [0.15, 0.2) is 0 Å². The fourth-order valence-corrected chi connectivity index (χ4v) is 1.66. The number of anilines is 1. The molecule has 0 spiro atoms. The van der Waals surface area contributed by atoms with Crippen LogP contribution in [-0.4, -0.2) is 16.1 Å². The van der Waals surface area contributed by atoms with E-state index in [1.807, 2.05) is 4.98 Å². The molecule has 1 aromatic heterocycles. The van der Waals surface area contributed by atoms with Crippen LogP contribution in [0.15, 0.2) is 40.1 Å². The van der Waals surface area contributed by atoms with Crippen LogP contribution in [0, 0.1) is 5.82 Å². The highest BCUT2D eigenvalue weighted by molar-refractivity contribution is 6.30. The third-order valence-corrected chi connectivity index (χ3v) is 2.75. The van der Waals surface area contributed by atoms with E-state index in [1.54, 1.807) is 24.3 Å². The first-order valence-corrected chi connectivity index (χ1v) is 5.93. The van der Waals surface area contributed by atoms with E-state index in [0.717, 1.165) is 16.5 Å². The summed E-state index contributed by atoms with van der Waals surface area (Å²) in [6.07, 6.45) is 0.894. The second-order valence-corrected chi connectivity index (χ2v) is 4.30. The maximum atomic E-state index is 13.0. The van der Waals surface area contributed by atoms with Gasteiger partial charge in [0.1, 0.15) is 0 Å². The summed E-state index contributed by atoms with van der Waals surface area (Å²) in [7, 11) is 0. The maximum absolute atomic E-state index is 13.0. The standard InChI is InChI=1S/C12H11ClFN3O2/c13-8-1-3-9(4-2-8)15-5-6-17-7-10(14)11(18)16-12(17)19/h1-4,7,15H,5-6H2,(H,16,18,19). The number of nitrogens with one attached hydrogen (secondary N) is 2. The topological polar surface area (TPSA) is 66.9 Å². The van der Waals surface area contributed by atoms with Gasteiger partial charge in [0, 0.05) is 23.8 Å². The maximum Gasteiger partial charge on any atom is 0.328 e. The Hall–Kier alpha value is -2.08. The van der Waals surface area contributed by atoms with Crippen LogP contribution in [0.3, 0.4) is 0 Å². The van der Waals surface area contributed by atoms with Crippen LogP contribution >= 0.6 is 11.6 Å². The van der Waals surface area contributed by atoms with Gasteiger partial charge in [-0.25, -0.2) is 4.79 Å². The van der Waals surface area contributed by atoms with E-state index < -0.39 is 17.1 Å². The number of hydrogen-bond acceptors (Lipinski definition) is 3. The average Bonchev–Trinajstić information content (AvgIpc) is 2.38. The molecule has 1 heterocycles. The molecule has 0 saturated heterocycles. The summed E-state index contributed by atoms with van der Waals surface area (Å²) in [6.45, 7) is 0.641. The van der Waals surface area contributed by atoms with Crippen molar-refractivity contribution in [3.8, 4) is 0 Å². The number of halogens is 2. The molecule has 0 aliphatic rings. The van der Waals surface area contributed by atoms with Crippen LogP contribution in [0.1, 0.15) is 0 Å². The third kappa shape index (κ3) is 3.45. The van der Waals surface area contributed by atoms with Gasteiger partial charge in [-0.3, -0.25) is 14.3 Å². The molecule has 0 radical (unpaired) electrons. The van der Waals surface area contributed by atoms with Crippen molar-refractivity contribution >= 4 is 17.3 Å². The van der Waals surface area contributed by atoms with Crippen LogP contribution in [0.25, 0.3) is 0 Å². The van der Waals surface area contributed by atoms with Gasteiger partial charge in [0.2, 0.25) is 5.82 Å². The first-order chi connectivity index (χ1) is 9.06. The highest BCUT2D eigenvalue weighted by Gasteiger charge is 2.03. The largest absolute Gasteiger partial charge is 0.383 e. The second kappa shape index (κ2) is 5.71. The summed E-state index contributed by atoms with van der Waals surface area (Å²) in [5, 5.41) is 3.68. The molecule has 0 amide bonds. The quantitative estimate of drug-likeness (QED) is 0.892. The number of aromatic nitrogens is 2. The highest BCUT2D eigenvalue weighted by Crippen LogP contribution is 2.12. The molecular weight excluding hydrogens is 273 g/mol. The van der Waals surface area contributed by atoms with E-state index in [4.69, 9.17) is 11.6 Å². The van der Waals surface area contributed by atoms with Gasteiger partial charge < -0.3 is 5.32 Å². The van der Waals surface area contributed by atoms with Crippen LogP contribution in [-0.2, 0) is 6.54 Å². The van der Waals surface area contributed by atoms with Gasteiger partial charge in [-0.15, -0.1) is 0 Å². The number of nitrogens with zero attached hydrogens (tertiary/aromatic N) is 1. The van der Waals surface area contributed by atoms with E-state index in [-0.39, 0.29) is 6.54 Å². The lowest BCUT2D eigenvalue weighted by molar-refractivity contribution is 0.556. The fraction of sp³-hybridized carbons (Fsp3) is 0.167. The molecule has 5 nitrogen and oxygen atoms in total. The van der Waals surface area contributed by atoms with Crippen molar-refractivity contribution in [3.63, 3.8) is 0 Å². The molecule has 1 aromatic carbocycles. The Balaban J connectivity index is 2.00. The van der Waals surface area contributed by atoms with Crippen molar-refractivity contribution in [1.82, 2.24) is 9.55 Å². The van der Waals surface area contributed by atoms with Gasteiger partial charge in [-0.1, -0.05) is 11.6 Å². The van der Waals surface area contributed by atoms with Crippen LogP contribution < -0.4 is 16.6 Å². The molecule has 0 aliphatic heterocycles. The number of aromatic amines is 1. The first kappa shape index (κ1) is 13.4. The van der Waals surface area contributed by atoms with E-state index in [9.17, 15) is 14.0 Å². The predicted octanol–water partition coefficient (Wildman–Crippen LogP) is 1.44. The summed E-state index contributed by atoms with van der Waals surface area (Å²) >= 11 is 5.75. The van der Waals surface area contributed by atoms with Gasteiger partial charge in [0.05, 0.1) is 6.20 Å². The molecule has 0 aliphatic carbocycles. The van der Waals surface area contributed by atoms with Gasteiger partial charge in [-0.05, 0) is 24.3 Å². The van der Waals surface area contributed by atoms with Crippen molar-refractivity contribution < 1.29 is 4.39 Å². The summed E-state index contributed by atoms with van der Waals surface area (Å²) in [6, 6.07) is 7.04. The third-order valence-electron chi connectivity index (χ3n) is 2.49. The molecule has 7 heteroatoms. The van der Waals surface area contributed by atoms with Crippen molar-refractivity contribution in [2.24, 2.45) is 0 Å². The molecule has 0 saturated carbocycles. The normalized spacial score (nSPS) is 10.4. The van der Waals surface area contributed by atoms with Crippen molar-refractivity contribution in [2.45, 2.75) is 6.54 Å². The van der Waals surface area contributed by atoms with Gasteiger partial charge >= 0.3 is 5.69 Å². The molecule has 2 aromatic rings. The number of hydrogen-bond donors (Lipinski definition) is 2. The van der Waals surface area contributed by atoms with Gasteiger partial charge in [0.25, 0.3) is 5.56 Å². The molecule has 2 rings (SSSR count). The molecular formula is C12H11ClFN3O2. The van der Waals surface area contributed by atoms with E-state index in [2.05, 4.69) is 5.32 Å². The monoisotopic (exact) mass is 283 g/mol. The fourth-order valence-electron chi connectivity index (χ4n) is 1.54. The van der Waals surface area contributed by atoms with Gasteiger partial charge in [-0.2, -0.15) is 4.39 Å². The Morgan fingerprint density at radius 3 is 2.63 bits per heavy atom. The van der Waals surface area contributed by atoms with Crippen molar-refractivity contribution in [2.75, 3.05) is 11.9 Å². The number of benzene rings is 1. The van der Waals surface area contributed by atoms with Crippen LogP contribution in [0.5, 0.6) is 0 Å². The molecule has 0 unspecified atom stereocenters. The Morgan fingerprint density at radius 2 is 1.95 bits per heavy atom. The zero-order chi connectivity index (χ0) is 13.8. The van der Waals surface area contributed by atoms with E-state index in [0.29, 0.717) is 11.6 Å². The average molecular weight is 284 g/mol. The Morgan fingerprint density at radius 1 is 1.26 bits per heavy atom. The van der Waals surface area contributed by atoms with Crippen molar-refractivity contribution in [3.05, 3.63) is 62.1 Å². The number of rotatable bonds is 4. The smallest absolute Gasteiger partial charge is 0.328 e. The summed E-state index contributed by atoms with van der Waals surface area (Å²) in [5.74, 6) is -0.980. The SMILES string of the molecule is O=c1[nH]c(=O)n(CCNc2ccc(Cl)cc2)cc1F. The molecule has 100 valence electrons. The molecule has 2 N–H and O–H groups in total. The highest BCUT2D eigenvalue weighted by atomic mass is 35.5. The minimum atomic E-state index is -1.01. The van der Waals surface area contributed by atoms with Crippen molar-refractivity contribution in [1.29, 1.82) is 0 Å². The zero-order valence-electron chi connectivity index (χ0n) is 9.82. The Kier molecular flexibility index (Phi) is 4.01. The minimum Gasteiger partial charge on any atom is -0.383 e. The minimum absolute atomic E-state index is 0.231. The van der Waals surface area contributed by atoms with Crippen LogP contribution in [0.2, 0.25) is 5.02 Å². The van der Waals surface area contributed by atoms with Crippen LogP contribution in [0.4, 0.5) is 10.1 Å². The lowest BCUT2D eigenvalue weighted by Gasteiger charge is -2.08. The summed E-state index contributed by atoms with van der Waals surface area (Å²) in [4.78, 5) is 24.1. The zero-order valence-corrected chi connectivity index (χ0v) is 10.6. The predicted molar refractivity (Wildman–Crippen MR) is 71.2 cm³/mol. The molecule has 0 atom stereocenters. The summed E-state index contributed by atoms with van der Waals surface area (Å²) < 4.78 is 14.1. The molecule has 19 heavy (non-hydrogen) atoms. The molecule has 0 bridgehead atoms. The lowest BCUT2D eigenvalue weighted by atomic mass is 10.3. The Bertz CT molecular complexity index is 679. The first-order valence-electron chi connectivity index (χ1n) is 5.55. The van der Waals surface area contributed by atoms with E-state index in [1.165, 1.54) is 0 Å². The Labute approximate surface area is 112 Å². The lowest BCUT2D eigenvalue weighted by Crippen LogP contribution is -2.32. The number of H-pyrrole nitrogens is 1.